The Bertz CT molecular complexity index is 624. The van der Waals surface area contributed by atoms with E-state index >= 15 is 0 Å². The van der Waals surface area contributed by atoms with Gasteiger partial charge in [-0.1, -0.05) is 42.5 Å². The lowest BCUT2D eigenvalue weighted by Crippen LogP contribution is -2.45. The number of rotatable bonds is 2. The summed E-state index contributed by atoms with van der Waals surface area (Å²) >= 11 is 0. The third-order valence-corrected chi connectivity index (χ3v) is 3.68. The van der Waals surface area contributed by atoms with Crippen LogP contribution in [0.5, 0.6) is 5.75 Å². The fraction of sp³-hybridized carbons (Fsp3) is 0.235. The Morgan fingerprint density at radius 2 is 1.70 bits per heavy atom. The molecule has 2 aromatic rings. The zero-order valence-electron chi connectivity index (χ0n) is 11.6. The van der Waals surface area contributed by atoms with Crippen molar-refractivity contribution in [1.82, 2.24) is 0 Å². The highest BCUT2D eigenvalue weighted by Crippen LogP contribution is 2.38. The van der Waals surface area contributed by atoms with Gasteiger partial charge in [0.25, 0.3) is 5.91 Å². The van der Waals surface area contributed by atoms with Gasteiger partial charge in [0, 0.05) is 0 Å². The van der Waals surface area contributed by atoms with Crippen molar-refractivity contribution in [2.45, 2.75) is 26.0 Å². The van der Waals surface area contributed by atoms with Crippen molar-refractivity contribution in [3.8, 4) is 5.75 Å². The predicted molar refractivity (Wildman–Crippen MR) is 78.9 cm³/mol. The van der Waals surface area contributed by atoms with Crippen molar-refractivity contribution in [3.05, 3.63) is 60.2 Å². The molecule has 1 heterocycles. The van der Waals surface area contributed by atoms with Crippen LogP contribution in [0.2, 0.25) is 0 Å². The fourth-order valence-electron chi connectivity index (χ4n) is 2.59. The van der Waals surface area contributed by atoms with Crippen molar-refractivity contribution in [2.75, 3.05) is 4.90 Å². The third-order valence-electron chi connectivity index (χ3n) is 3.68. The van der Waals surface area contributed by atoms with Crippen LogP contribution in [-0.2, 0) is 4.79 Å². The Morgan fingerprint density at radius 3 is 2.45 bits per heavy atom. The molecular formula is C17H17NO2. The highest BCUT2D eigenvalue weighted by atomic mass is 16.5. The summed E-state index contributed by atoms with van der Waals surface area (Å²) in [7, 11) is 0. The summed E-state index contributed by atoms with van der Waals surface area (Å²) in [5.74, 6) is 0.766. The van der Waals surface area contributed by atoms with Gasteiger partial charge in [-0.15, -0.1) is 0 Å². The maximum atomic E-state index is 12.5. The molecule has 0 spiro atoms. The zero-order valence-corrected chi connectivity index (χ0v) is 11.6. The van der Waals surface area contributed by atoms with Gasteiger partial charge in [-0.05, 0) is 31.5 Å². The Hall–Kier alpha value is -2.29. The van der Waals surface area contributed by atoms with Crippen molar-refractivity contribution in [1.29, 1.82) is 0 Å². The number of carbonyl (C=O) groups is 1. The Balaban J connectivity index is 2.05. The van der Waals surface area contributed by atoms with Crippen LogP contribution in [0.4, 0.5) is 5.69 Å². The quantitative estimate of drug-likeness (QED) is 0.832. The van der Waals surface area contributed by atoms with Crippen LogP contribution in [0.3, 0.4) is 0 Å². The summed E-state index contributed by atoms with van der Waals surface area (Å²) < 4.78 is 5.67. The number of fused-ring (bicyclic) bond motifs is 1. The molecule has 0 fully saturated rings. The molecule has 3 nitrogen and oxygen atoms in total. The minimum atomic E-state index is -0.448. The van der Waals surface area contributed by atoms with Crippen molar-refractivity contribution in [3.63, 3.8) is 0 Å². The van der Waals surface area contributed by atoms with E-state index in [9.17, 15) is 4.79 Å². The Kier molecular flexibility index (Phi) is 3.18. The standard InChI is InChI=1S/C17H17NO2/c1-12(14-8-4-3-5-9-14)18-15-10-6-7-11-16(15)20-13(2)17(18)19/h3-13H,1-2H3. The molecule has 0 saturated heterocycles. The van der Waals surface area contributed by atoms with Crippen molar-refractivity contribution < 1.29 is 9.53 Å². The molecule has 20 heavy (non-hydrogen) atoms. The number of carbonyl (C=O) groups excluding carboxylic acids is 1. The average molecular weight is 267 g/mol. The van der Waals surface area contributed by atoms with Crippen LogP contribution in [0.1, 0.15) is 25.5 Å². The Labute approximate surface area is 118 Å². The summed E-state index contributed by atoms with van der Waals surface area (Å²) in [6.45, 7) is 3.84. The highest BCUT2D eigenvalue weighted by molar-refractivity contribution is 6.00. The molecule has 1 aliphatic rings. The molecule has 2 unspecified atom stereocenters. The number of benzene rings is 2. The molecule has 0 aromatic heterocycles. The second-order valence-corrected chi connectivity index (χ2v) is 5.02. The van der Waals surface area contributed by atoms with E-state index in [4.69, 9.17) is 4.74 Å². The minimum absolute atomic E-state index is 0.0000491. The lowest BCUT2D eigenvalue weighted by molar-refractivity contribution is -0.126. The number of ether oxygens (including phenoxy) is 1. The highest BCUT2D eigenvalue weighted by Gasteiger charge is 2.34. The minimum Gasteiger partial charge on any atom is -0.479 e. The second kappa shape index (κ2) is 5.00. The molecule has 102 valence electrons. The van der Waals surface area contributed by atoms with Crippen LogP contribution >= 0.6 is 0 Å². The number of nitrogens with zero attached hydrogens (tertiary/aromatic N) is 1. The number of hydrogen-bond acceptors (Lipinski definition) is 2. The van der Waals surface area contributed by atoms with Crippen LogP contribution in [0.25, 0.3) is 0 Å². The number of amides is 1. The summed E-state index contributed by atoms with van der Waals surface area (Å²) in [6.07, 6.45) is -0.448. The van der Waals surface area contributed by atoms with Crippen molar-refractivity contribution >= 4 is 11.6 Å². The molecular weight excluding hydrogens is 250 g/mol. The van der Waals surface area contributed by atoms with Gasteiger partial charge in [-0.3, -0.25) is 9.69 Å². The van der Waals surface area contributed by atoms with E-state index in [1.54, 1.807) is 6.92 Å². The fourth-order valence-corrected chi connectivity index (χ4v) is 2.59. The summed E-state index contributed by atoms with van der Waals surface area (Å²) in [4.78, 5) is 14.3. The summed E-state index contributed by atoms with van der Waals surface area (Å²) in [5.41, 5.74) is 1.96. The van der Waals surface area contributed by atoms with E-state index in [2.05, 4.69) is 0 Å². The van der Waals surface area contributed by atoms with Gasteiger partial charge in [0.1, 0.15) is 5.75 Å². The van der Waals surface area contributed by atoms with Gasteiger partial charge in [0.05, 0.1) is 11.7 Å². The lowest BCUT2D eigenvalue weighted by Gasteiger charge is -2.37. The Morgan fingerprint density at radius 1 is 1.05 bits per heavy atom. The molecule has 3 heteroatoms. The van der Waals surface area contributed by atoms with E-state index in [1.807, 2.05) is 66.4 Å². The predicted octanol–water partition coefficient (Wildman–Crippen LogP) is 3.56. The van der Waals surface area contributed by atoms with Gasteiger partial charge in [0.2, 0.25) is 0 Å². The van der Waals surface area contributed by atoms with Crippen LogP contribution < -0.4 is 9.64 Å². The van der Waals surface area contributed by atoms with E-state index in [0.717, 1.165) is 17.0 Å². The first-order chi connectivity index (χ1) is 9.68. The molecule has 0 bridgehead atoms. The lowest BCUT2D eigenvalue weighted by atomic mass is 10.0. The van der Waals surface area contributed by atoms with E-state index in [-0.39, 0.29) is 11.9 Å². The van der Waals surface area contributed by atoms with E-state index in [1.165, 1.54) is 0 Å². The molecule has 2 atom stereocenters. The second-order valence-electron chi connectivity index (χ2n) is 5.02. The van der Waals surface area contributed by atoms with Crippen LogP contribution in [0, 0.1) is 0 Å². The number of para-hydroxylation sites is 2. The molecule has 0 radical (unpaired) electrons. The van der Waals surface area contributed by atoms with Gasteiger partial charge >= 0.3 is 0 Å². The third kappa shape index (κ3) is 2.05. The molecule has 0 N–H and O–H groups in total. The largest absolute Gasteiger partial charge is 0.479 e. The zero-order chi connectivity index (χ0) is 14.1. The molecule has 2 aromatic carbocycles. The molecule has 0 aliphatic carbocycles. The van der Waals surface area contributed by atoms with Crippen LogP contribution in [0.15, 0.2) is 54.6 Å². The first kappa shape index (κ1) is 12.7. The average Bonchev–Trinajstić information content (AvgIpc) is 2.49. The van der Waals surface area contributed by atoms with Gasteiger partial charge in [-0.25, -0.2) is 0 Å². The van der Waals surface area contributed by atoms with Crippen molar-refractivity contribution in [2.24, 2.45) is 0 Å². The number of anilines is 1. The van der Waals surface area contributed by atoms with E-state index in [0.29, 0.717) is 0 Å². The topological polar surface area (TPSA) is 29.5 Å². The van der Waals surface area contributed by atoms with E-state index < -0.39 is 6.10 Å². The monoisotopic (exact) mass is 267 g/mol. The maximum absolute atomic E-state index is 12.5. The molecule has 1 amide bonds. The van der Waals surface area contributed by atoms with Crippen LogP contribution in [-0.4, -0.2) is 12.0 Å². The summed E-state index contributed by atoms with van der Waals surface area (Å²) in [6, 6.07) is 17.7. The maximum Gasteiger partial charge on any atom is 0.268 e. The van der Waals surface area contributed by atoms with Gasteiger partial charge < -0.3 is 4.74 Å². The first-order valence-corrected chi connectivity index (χ1v) is 6.82. The molecule has 0 saturated carbocycles. The number of hydrogen-bond donors (Lipinski definition) is 0. The first-order valence-electron chi connectivity index (χ1n) is 6.82. The summed E-state index contributed by atoms with van der Waals surface area (Å²) in [5, 5.41) is 0. The smallest absolute Gasteiger partial charge is 0.268 e. The van der Waals surface area contributed by atoms with Gasteiger partial charge in [0.15, 0.2) is 6.10 Å². The molecule has 1 aliphatic heterocycles. The van der Waals surface area contributed by atoms with Gasteiger partial charge in [-0.2, -0.15) is 0 Å². The normalized spacial score (nSPS) is 19.2. The molecule has 3 rings (SSSR count). The SMILES string of the molecule is CC1Oc2ccccc2N(C(C)c2ccccc2)C1=O.